The molecule has 0 aliphatic heterocycles. The lowest BCUT2D eigenvalue weighted by molar-refractivity contribution is 0.595. The fourth-order valence-corrected chi connectivity index (χ4v) is 4.44. The zero-order valence-corrected chi connectivity index (χ0v) is 12.3. The predicted octanol–water partition coefficient (Wildman–Crippen LogP) is 3.42. The number of nitrogens with zero attached hydrogens (tertiary/aromatic N) is 1. The first kappa shape index (κ1) is 14.6. The number of thioether (sulfide) groups is 1. The minimum Gasteiger partial charge on any atom is -0.224 e. The molecule has 0 saturated carbocycles. The van der Waals surface area contributed by atoms with Gasteiger partial charge in [0.1, 0.15) is 5.40 Å². The highest BCUT2D eigenvalue weighted by Gasteiger charge is 2.23. The van der Waals surface area contributed by atoms with Gasteiger partial charge in [0.15, 0.2) is 9.84 Å². The molecule has 0 fully saturated rings. The van der Waals surface area contributed by atoms with E-state index >= 15 is 0 Å². The zero-order chi connectivity index (χ0) is 14.4. The first-order valence-corrected chi connectivity index (χ1v) is 8.54. The first-order valence-electron chi connectivity index (χ1n) is 6.01. The van der Waals surface area contributed by atoms with Crippen molar-refractivity contribution >= 4 is 21.6 Å². The van der Waals surface area contributed by atoms with Gasteiger partial charge in [-0.2, -0.15) is 5.26 Å². The van der Waals surface area contributed by atoms with Gasteiger partial charge in [-0.1, -0.05) is 48.5 Å². The Hall–Kier alpha value is -1.77. The standard InChI is InChI=1S/C15H13NO2S2/c16-12-19-15(13-7-3-1-4-8-13)11-20(17,18)14-9-5-2-6-10-14/h1-10,15H,11H2/t15-/m0/s1. The third kappa shape index (κ3) is 3.62. The van der Waals surface area contributed by atoms with Gasteiger partial charge in [-0.25, -0.2) is 8.42 Å². The molecule has 102 valence electrons. The summed E-state index contributed by atoms with van der Waals surface area (Å²) in [5.74, 6) is -0.0841. The largest absolute Gasteiger partial charge is 0.224 e. The molecule has 0 amide bonds. The van der Waals surface area contributed by atoms with E-state index in [9.17, 15) is 8.42 Å². The van der Waals surface area contributed by atoms with Gasteiger partial charge in [0.2, 0.25) is 0 Å². The maximum Gasteiger partial charge on any atom is 0.179 e. The lowest BCUT2D eigenvalue weighted by Crippen LogP contribution is -2.12. The second-order valence-corrected chi connectivity index (χ2v) is 7.22. The van der Waals surface area contributed by atoms with E-state index < -0.39 is 9.84 Å². The Balaban J connectivity index is 2.28. The second-order valence-electron chi connectivity index (χ2n) is 4.20. The van der Waals surface area contributed by atoms with E-state index in [0.29, 0.717) is 4.90 Å². The minimum atomic E-state index is -3.40. The monoisotopic (exact) mass is 303 g/mol. The number of sulfone groups is 1. The highest BCUT2D eigenvalue weighted by atomic mass is 32.2. The first-order chi connectivity index (χ1) is 9.63. The molecule has 0 spiro atoms. The molecule has 0 heterocycles. The summed E-state index contributed by atoms with van der Waals surface area (Å²) in [4.78, 5) is 0.291. The molecule has 2 aromatic rings. The van der Waals surface area contributed by atoms with E-state index in [1.54, 1.807) is 30.3 Å². The molecule has 0 radical (unpaired) electrons. The molecule has 0 N–H and O–H groups in total. The van der Waals surface area contributed by atoms with Gasteiger partial charge in [0.25, 0.3) is 0 Å². The molecule has 2 rings (SSSR count). The molecule has 0 aliphatic carbocycles. The van der Waals surface area contributed by atoms with Crippen LogP contribution in [-0.2, 0) is 9.84 Å². The van der Waals surface area contributed by atoms with E-state index in [2.05, 4.69) is 0 Å². The lowest BCUT2D eigenvalue weighted by Gasteiger charge is -2.13. The van der Waals surface area contributed by atoms with Crippen LogP contribution in [0.15, 0.2) is 65.6 Å². The van der Waals surface area contributed by atoms with Crippen molar-refractivity contribution in [2.45, 2.75) is 10.1 Å². The van der Waals surface area contributed by atoms with Crippen LogP contribution >= 0.6 is 11.8 Å². The van der Waals surface area contributed by atoms with Gasteiger partial charge in [-0.05, 0) is 29.5 Å². The molecule has 0 aromatic heterocycles. The summed E-state index contributed by atoms with van der Waals surface area (Å²) in [7, 11) is -3.40. The summed E-state index contributed by atoms with van der Waals surface area (Å²) >= 11 is 0.977. The molecular formula is C15H13NO2S2. The number of hydrogen-bond donors (Lipinski definition) is 0. The van der Waals surface area contributed by atoms with Crippen LogP contribution in [0.3, 0.4) is 0 Å². The Bertz CT molecular complexity index is 692. The molecule has 1 atom stereocenters. The van der Waals surface area contributed by atoms with E-state index in [-0.39, 0.29) is 11.0 Å². The highest BCUT2D eigenvalue weighted by molar-refractivity contribution is 8.04. The maximum absolute atomic E-state index is 12.4. The summed E-state index contributed by atoms with van der Waals surface area (Å²) < 4.78 is 24.7. The topological polar surface area (TPSA) is 57.9 Å². The van der Waals surface area contributed by atoms with Crippen molar-refractivity contribution in [2.24, 2.45) is 0 Å². The third-order valence-electron chi connectivity index (χ3n) is 2.84. The summed E-state index contributed by atoms with van der Waals surface area (Å²) in [5.41, 5.74) is 0.846. The molecule has 3 nitrogen and oxygen atoms in total. The molecule has 5 heteroatoms. The van der Waals surface area contributed by atoms with Crippen molar-refractivity contribution in [1.29, 1.82) is 5.26 Å². The number of benzene rings is 2. The number of hydrogen-bond acceptors (Lipinski definition) is 4. The second kappa shape index (κ2) is 6.60. The van der Waals surface area contributed by atoms with Crippen molar-refractivity contribution in [2.75, 3.05) is 5.75 Å². The Kier molecular flexibility index (Phi) is 4.83. The van der Waals surface area contributed by atoms with Gasteiger partial charge in [0.05, 0.1) is 15.9 Å². The number of nitriles is 1. The molecule has 0 aliphatic rings. The summed E-state index contributed by atoms with van der Waals surface area (Å²) in [6.07, 6.45) is 0. The van der Waals surface area contributed by atoms with E-state index in [4.69, 9.17) is 5.26 Å². The van der Waals surface area contributed by atoms with Crippen LogP contribution in [0.4, 0.5) is 0 Å². The summed E-state index contributed by atoms with van der Waals surface area (Å²) in [5, 5.41) is 10.5. The smallest absolute Gasteiger partial charge is 0.179 e. The molecule has 0 bridgehead atoms. The van der Waals surface area contributed by atoms with E-state index in [1.165, 1.54) is 0 Å². The molecule has 0 unspecified atom stereocenters. The van der Waals surface area contributed by atoms with Crippen LogP contribution in [0.25, 0.3) is 0 Å². The Morgan fingerprint density at radius 3 is 2.10 bits per heavy atom. The predicted molar refractivity (Wildman–Crippen MR) is 80.9 cm³/mol. The van der Waals surface area contributed by atoms with Crippen molar-refractivity contribution in [3.63, 3.8) is 0 Å². The van der Waals surface area contributed by atoms with Crippen molar-refractivity contribution in [3.8, 4) is 5.40 Å². The fraction of sp³-hybridized carbons (Fsp3) is 0.133. The van der Waals surface area contributed by atoms with Crippen LogP contribution < -0.4 is 0 Å². The average Bonchev–Trinajstić information content (AvgIpc) is 2.48. The molecular weight excluding hydrogens is 290 g/mol. The summed E-state index contributed by atoms with van der Waals surface area (Å²) in [6.45, 7) is 0. The number of thiocyanates is 1. The van der Waals surface area contributed by atoms with Gasteiger partial charge >= 0.3 is 0 Å². The van der Waals surface area contributed by atoms with E-state index in [0.717, 1.165) is 17.3 Å². The molecule has 0 saturated heterocycles. The van der Waals surface area contributed by atoms with Gasteiger partial charge in [-0.15, -0.1) is 0 Å². The summed E-state index contributed by atoms with van der Waals surface area (Å²) in [6, 6.07) is 17.6. The van der Waals surface area contributed by atoms with E-state index in [1.807, 2.05) is 35.7 Å². The molecule has 2 aromatic carbocycles. The Labute approximate surface area is 123 Å². The Morgan fingerprint density at radius 1 is 1.00 bits per heavy atom. The quantitative estimate of drug-likeness (QED) is 0.794. The SMILES string of the molecule is N#CS[C@@H](CS(=O)(=O)c1ccccc1)c1ccccc1. The average molecular weight is 303 g/mol. The van der Waals surface area contributed by atoms with Crippen LogP contribution in [-0.4, -0.2) is 14.2 Å². The normalized spacial score (nSPS) is 12.6. The van der Waals surface area contributed by atoms with Crippen molar-refractivity contribution < 1.29 is 8.42 Å². The Morgan fingerprint density at radius 2 is 1.55 bits per heavy atom. The maximum atomic E-state index is 12.4. The lowest BCUT2D eigenvalue weighted by atomic mass is 10.2. The van der Waals surface area contributed by atoms with Crippen LogP contribution in [0.5, 0.6) is 0 Å². The fourth-order valence-electron chi connectivity index (χ4n) is 1.85. The highest BCUT2D eigenvalue weighted by Crippen LogP contribution is 2.31. The van der Waals surface area contributed by atoms with Gasteiger partial charge in [0, 0.05) is 0 Å². The molecule has 20 heavy (non-hydrogen) atoms. The van der Waals surface area contributed by atoms with Crippen LogP contribution in [0, 0.1) is 10.7 Å². The minimum absolute atomic E-state index is 0.0841. The van der Waals surface area contributed by atoms with Gasteiger partial charge < -0.3 is 0 Å². The van der Waals surface area contributed by atoms with Crippen molar-refractivity contribution in [3.05, 3.63) is 66.2 Å². The zero-order valence-electron chi connectivity index (χ0n) is 10.6. The van der Waals surface area contributed by atoms with Crippen LogP contribution in [0.2, 0.25) is 0 Å². The third-order valence-corrected chi connectivity index (χ3v) is 5.64. The van der Waals surface area contributed by atoms with Crippen molar-refractivity contribution in [1.82, 2.24) is 0 Å². The van der Waals surface area contributed by atoms with Gasteiger partial charge in [-0.3, -0.25) is 0 Å². The van der Waals surface area contributed by atoms with Crippen LogP contribution in [0.1, 0.15) is 10.8 Å². The number of rotatable bonds is 5.